The zero-order valence-corrected chi connectivity index (χ0v) is 9.89. The highest BCUT2D eigenvalue weighted by Gasteiger charge is 2.36. The zero-order chi connectivity index (χ0) is 13.3. The first-order valence-electron chi connectivity index (χ1n) is 5.74. The Hall–Kier alpha value is -1.30. The fourth-order valence-corrected chi connectivity index (χ4v) is 2.16. The number of rotatable bonds is 1. The first kappa shape index (κ1) is 13.1. The van der Waals surface area contributed by atoms with E-state index in [0.29, 0.717) is 19.6 Å². The largest absolute Gasteiger partial charge is 0.419 e. The maximum absolute atomic E-state index is 13.9. The molecule has 0 aromatic heterocycles. The number of nitrogens with zero attached hydrogens (tertiary/aromatic N) is 1. The molecule has 1 aliphatic heterocycles. The van der Waals surface area contributed by atoms with E-state index in [2.05, 4.69) is 5.32 Å². The third-order valence-electron chi connectivity index (χ3n) is 3.09. The summed E-state index contributed by atoms with van der Waals surface area (Å²) in [4.78, 5) is 1.67. The lowest BCUT2D eigenvalue weighted by Gasteiger charge is -2.36. The minimum atomic E-state index is -4.66. The van der Waals surface area contributed by atoms with Crippen molar-refractivity contribution in [3.63, 3.8) is 0 Å². The average Bonchev–Trinajstić information content (AvgIpc) is 2.29. The third-order valence-corrected chi connectivity index (χ3v) is 3.09. The number of anilines is 1. The van der Waals surface area contributed by atoms with Crippen LogP contribution >= 0.6 is 0 Å². The van der Waals surface area contributed by atoms with E-state index in [9.17, 15) is 17.6 Å². The Morgan fingerprint density at radius 3 is 2.67 bits per heavy atom. The molecule has 0 bridgehead atoms. The lowest BCUT2D eigenvalue weighted by atomic mass is 10.1. The van der Waals surface area contributed by atoms with Gasteiger partial charge >= 0.3 is 6.18 Å². The molecule has 18 heavy (non-hydrogen) atoms. The minimum Gasteiger partial charge on any atom is -0.364 e. The van der Waals surface area contributed by atoms with Gasteiger partial charge in [-0.3, -0.25) is 0 Å². The van der Waals surface area contributed by atoms with Crippen molar-refractivity contribution in [1.82, 2.24) is 5.32 Å². The molecule has 2 rings (SSSR count). The summed E-state index contributed by atoms with van der Waals surface area (Å²) in [6.07, 6.45) is -4.66. The van der Waals surface area contributed by atoms with Crippen LogP contribution in [0, 0.1) is 5.82 Å². The third kappa shape index (κ3) is 2.43. The maximum atomic E-state index is 13.9. The van der Waals surface area contributed by atoms with Crippen LogP contribution in [-0.4, -0.2) is 25.7 Å². The van der Waals surface area contributed by atoms with Gasteiger partial charge in [-0.25, -0.2) is 4.39 Å². The lowest BCUT2D eigenvalue weighted by Crippen LogP contribution is -2.50. The van der Waals surface area contributed by atoms with Crippen LogP contribution in [-0.2, 0) is 6.18 Å². The van der Waals surface area contributed by atoms with Gasteiger partial charge in [-0.05, 0) is 19.1 Å². The van der Waals surface area contributed by atoms with Crippen molar-refractivity contribution in [3.8, 4) is 0 Å². The number of hydrogen-bond acceptors (Lipinski definition) is 2. The predicted octanol–water partition coefficient (Wildman–Crippen LogP) is 2.64. The molecule has 1 aromatic carbocycles. The van der Waals surface area contributed by atoms with Gasteiger partial charge in [-0.15, -0.1) is 0 Å². The normalized spacial score (nSPS) is 21.2. The Morgan fingerprint density at radius 1 is 1.33 bits per heavy atom. The summed E-state index contributed by atoms with van der Waals surface area (Å²) in [7, 11) is 0. The van der Waals surface area contributed by atoms with Crippen LogP contribution in [0.2, 0.25) is 0 Å². The topological polar surface area (TPSA) is 15.3 Å². The molecule has 0 amide bonds. The molecule has 0 saturated carbocycles. The molecule has 0 spiro atoms. The van der Waals surface area contributed by atoms with Gasteiger partial charge in [0.25, 0.3) is 0 Å². The minimum absolute atomic E-state index is 0.0267. The molecule has 1 N–H and O–H groups in total. The summed E-state index contributed by atoms with van der Waals surface area (Å²) in [5.41, 5.74) is -1.18. The standard InChI is InChI=1S/C12H14F4N2/c1-8-7-17-5-6-18(8)10-4-2-3-9(11(10)13)12(14,15)16/h2-4,8,17H,5-7H2,1H3/t8-/m1/s1. The monoisotopic (exact) mass is 262 g/mol. The molecule has 1 saturated heterocycles. The lowest BCUT2D eigenvalue weighted by molar-refractivity contribution is -0.139. The highest BCUT2D eigenvalue weighted by molar-refractivity contribution is 5.52. The highest BCUT2D eigenvalue weighted by Crippen LogP contribution is 2.35. The quantitative estimate of drug-likeness (QED) is 0.783. The van der Waals surface area contributed by atoms with Gasteiger partial charge in [-0.1, -0.05) is 6.07 Å². The van der Waals surface area contributed by atoms with Crippen molar-refractivity contribution < 1.29 is 17.6 Å². The smallest absolute Gasteiger partial charge is 0.364 e. The predicted molar refractivity (Wildman–Crippen MR) is 61.1 cm³/mol. The van der Waals surface area contributed by atoms with Gasteiger partial charge in [0.15, 0.2) is 5.82 Å². The van der Waals surface area contributed by atoms with Gasteiger partial charge in [0.1, 0.15) is 0 Å². The number of alkyl halides is 3. The molecule has 0 radical (unpaired) electrons. The summed E-state index contributed by atoms with van der Waals surface area (Å²) in [6, 6.07) is 3.38. The highest BCUT2D eigenvalue weighted by atomic mass is 19.4. The van der Waals surface area contributed by atoms with Crippen molar-refractivity contribution in [2.45, 2.75) is 19.1 Å². The number of hydrogen-bond donors (Lipinski definition) is 1. The van der Waals surface area contributed by atoms with E-state index in [4.69, 9.17) is 0 Å². The van der Waals surface area contributed by atoms with Crippen LogP contribution in [0.25, 0.3) is 0 Å². The Balaban J connectivity index is 2.39. The molecule has 1 heterocycles. The Morgan fingerprint density at radius 2 is 2.06 bits per heavy atom. The van der Waals surface area contributed by atoms with Gasteiger partial charge in [0.05, 0.1) is 11.3 Å². The van der Waals surface area contributed by atoms with Crippen LogP contribution in [0.4, 0.5) is 23.2 Å². The molecule has 2 nitrogen and oxygen atoms in total. The summed E-state index contributed by atoms with van der Waals surface area (Å²) in [5.74, 6) is -1.18. The van der Waals surface area contributed by atoms with E-state index in [1.807, 2.05) is 6.92 Å². The second kappa shape index (κ2) is 4.76. The van der Waals surface area contributed by atoms with E-state index in [1.54, 1.807) is 4.90 Å². The summed E-state index contributed by atoms with van der Waals surface area (Å²) >= 11 is 0. The van der Waals surface area contributed by atoms with Crippen LogP contribution < -0.4 is 10.2 Å². The van der Waals surface area contributed by atoms with E-state index >= 15 is 0 Å². The molecule has 1 aliphatic rings. The van der Waals surface area contributed by atoms with Crippen molar-refractivity contribution >= 4 is 5.69 Å². The molecular weight excluding hydrogens is 248 g/mol. The zero-order valence-electron chi connectivity index (χ0n) is 9.89. The summed E-state index contributed by atoms with van der Waals surface area (Å²) in [6.45, 7) is 3.63. The fourth-order valence-electron chi connectivity index (χ4n) is 2.16. The van der Waals surface area contributed by atoms with Crippen LogP contribution in [0.5, 0.6) is 0 Å². The van der Waals surface area contributed by atoms with Crippen molar-refractivity contribution in [2.75, 3.05) is 24.5 Å². The Bertz CT molecular complexity index is 431. The van der Waals surface area contributed by atoms with Crippen molar-refractivity contribution in [2.24, 2.45) is 0 Å². The molecule has 0 unspecified atom stereocenters. The summed E-state index contributed by atoms with van der Waals surface area (Å²) in [5, 5.41) is 3.11. The van der Waals surface area contributed by atoms with Gasteiger partial charge in [-0.2, -0.15) is 13.2 Å². The van der Waals surface area contributed by atoms with E-state index in [0.717, 1.165) is 6.07 Å². The molecule has 1 fully saturated rings. The number of piperazine rings is 1. The molecule has 6 heteroatoms. The first-order chi connectivity index (χ1) is 8.41. The molecule has 100 valence electrons. The maximum Gasteiger partial charge on any atom is 0.419 e. The van der Waals surface area contributed by atoms with Crippen molar-refractivity contribution in [1.29, 1.82) is 0 Å². The SMILES string of the molecule is C[C@@H]1CNCCN1c1cccc(C(F)(F)F)c1F. The van der Waals surface area contributed by atoms with E-state index in [-0.39, 0.29) is 11.7 Å². The number of halogens is 4. The second-order valence-corrected chi connectivity index (χ2v) is 4.38. The van der Waals surface area contributed by atoms with E-state index < -0.39 is 17.6 Å². The fraction of sp³-hybridized carbons (Fsp3) is 0.500. The Labute approximate surface area is 103 Å². The number of benzene rings is 1. The van der Waals surface area contributed by atoms with Gasteiger partial charge in [0.2, 0.25) is 0 Å². The number of nitrogens with one attached hydrogen (secondary N) is 1. The van der Waals surface area contributed by atoms with Crippen molar-refractivity contribution in [3.05, 3.63) is 29.6 Å². The first-order valence-corrected chi connectivity index (χ1v) is 5.74. The Kier molecular flexibility index (Phi) is 3.47. The van der Waals surface area contributed by atoms with Crippen LogP contribution in [0.15, 0.2) is 18.2 Å². The molecule has 0 aliphatic carbocycles. The van der Waals surface area contributed by atoms with Gasteiger partial charge < -0.3 is 10.2 Å². The molecule has 1 atom stereocenters. The van der Waals surface area contributed by atoms with Gasteiger partial charge in [0, 0.05) is 25.7 Å². The second-order valence-electron chi connectivity index (χ2n) is 4.38. The average molecular weight is 262 g/mol. The van der Waals surface area contributed by atoms with E-state index in [1.165, 1.54) is 12.1 Å². The molecular formula is C12H14F4N2. The van der Waals surface area contributed by atoms with Crippen LogP contribution in [0.1, 0.15) is 12.5 Å². The summed E-state index contributed by atoms with van der Waals surface area (Å²) < 4.78 is 51.8. The van der Waals surface area contributed by atoms with Crippen LogP contribution in [0.3, 0.4) is 0 Å². The molecule has 1 aromatic rings.